The Bertz CT molecular complexity index is 1750. The molecule has 2 atom stereocenters. The summed E-state index contributed by atoms with van der Waals surface area (Å²) < 4.78 is 22.8. The van der Waals surface area contributed by atoms with E-state index < -0.39 is 24.3 Å². The van der Waals surface area contributed by atoms with Gasteiger partial charge in [-0.3, -0.25) is 9.59 Å². The molecular weight excluding hydrogens is 1080 g/mol. The van der Waals surface area contributed by atoms with Crippen molar-refractivity contribution in [2.45, 2.75) is 334 Å². The molecule has 0 radical (unpaired) electrons. The zero-order valence-corrected chi connectivity index (χ0v) is 57.4. The Morgan fingerprint density at radius 2 is 0.655 bits per heavy atom. The van der Waals surface area contributed by atoms with E-state index in [1.165, 1.54) is 186 Å². The van der Waals surface area contributed by atoms with Crippen molar-refractivity contribution in [1.29, 1.82) is 0 Å². The maximum absolute atomic E-state index is 12.9. The number of carboxylic acids is 1. The fraction of sp³-hybridized carbons (Fsp3) is 0.756. The van der Waals surface area contributed by atoms with Gasteiger partial charge >= 0.3 is 11.9 Å². The van der Waals surface area contributed by atoms with E-state index in [1.807, 2.05) is 21.1 Å². The highest BCUT2D eigenvalue weighted by atomic mass is 16.7. The van der Waals surface area contributed by atoms with Gasteiger partial charge in [-0.15, -0.1) is 0 Å². The molecule has 0 rings (SSSR count). The average molecular weight is 1220 g/mol. The second kappa shape index (κ2) is 68.1. The van der Waals surface area contributed by atoms with Crippen LogP contribution in [0.15, 0.2) is 97.2 Å². The summed E-state index contributed by atoms with van der Waals surface area (Å²) in [6.45, 7) is 4.63. The lowest BCUT2D eigenvalue weighted by atomic mass is 10.0. The van der Waals surface area contributed by atoms with Gasteiger partial charge in [0.25, 0.3) is 0 Å². The minimum absolute atomic E-state index is 0.141. The average Bonchev–Trinajstić information content (AvgIpc) is 3.59. The Hall–Kier alpha value is -3.79. The van der Waals surface area contributed by atoms with Crippen molar-refractivity contribution in [3.05, 3.63) is 97.2 Å². The quantitative estimate of drug-likeness (QED) is 0.0195. The van der Waals surface area contributed by atoms with Gasteiger partial charge in [0.1, 0.15) is 13.2 Å². The number of esters is 2. The molecule has 2 unspecified atom stereocenters. The van der Waals surface area contributed by atoms with Crippen LogP contribution in [0.4, 0.5) is 0 Å². The van der Waals surface area contributed by atoms with E-state index in [2.05, 4.69) is 111 Å². The third kappa shape index (κ3) is 69.5. The number of rotatable bonds is 67. The van der Waals surface area contributed by atoms with Crippen LogP contribution in [-0.2, 0) is 33.3 Å². The van der Waals surface area contributed by atoms with E-state index in [0.29, 0.717) is 17.4 Å². The van der Waals surface area contributed by atoms with Gasteiger partial charge in [0.05, 0.1) is 40.3 Å². The Morgan fingerprint density at radius 1 is 0.356 bits per heavy atom. The van der Waals surface area contributed by atoms with Gasteiger partial charge in [-0.05, 0) is 96.3 Å². The number of likely N-dealkylation sites (N-methyl/N-ethyl adjacent to an activating group) is 1. The molecule has 9 nitrogen and oxygen atoms in total. The van der Waals surface area contributed by atoms with Crippen LogP contribution in [0.2, 0.25) is 0 Å². The molecule has 0 bridgehead atoms. The number of carbonyl (C=O) groups is 3. The first-order valence-electron chi connectivity index (χ1n) is 36.4. The molecule has 0 heterocycles. The summed E-state index contributed by atoms with van der Waals surface area (Å²) in [5.74, 6) is -2.30. The topological polar surface area (TPSA) is 111 Å². The highest BCUT2D eigenvalue weighted by Gasteiger charge is 2.22. The fourth-order valence-electron chi connectivity index (χ4n) is 10.3. The SMILES string of the molecule is CC/C=C\C/C=C\C/C=C\C/C=C\C/C=C\C/C=C\CCCCCCCCC(=O)OC(COC(=O)CCCCCCCCCCCCCCCCCCCCCCCCCCC/C=C\C/C=C\CCCCCCC)COC(OCC[N+](C)(C)C)C(=O)[O-]. The highest BCUT2D eigenvalue weighted by molar-refractivity contribution is 5.70. The Balaban J connectivity index is 4.05. The first-order chi connectivity index (χ1) is 42.6. The molecule has 0 fully saturated rings. The van der Waals surface area contributed by atoms with E-state index in [4.69, 9.17) is 18.9 Å². The summed E-state index contributed by atoms with van der Waals surface area (Å²) in [6, 6.07) is 0. The normalized spacial score (nSPS) is 13.3. The van der Waals surface area contributed by atoms with E-state index >= 15 is 0 Å². The van der Waals surface area contributed by atoms with E-state index in [9.17, 15) is 19.5 Å². The van der Waals surface area contributed by atoms with Crippen molar-refractivity contribution in [3.63, 3.8) is 0 Å². The first-order valence-corrected chi connectivity index (χ1v) is 36.4. The molecule has 0 N–H and O–H groups in total. The summed E-state index contributed by atoms with van der Waals surface area (Å²) in [5, 5.41) is 11.8. The smallest absolute Gasteiger partial charge is 0.306 e. The molecule has 0 aromatic heterocycles. The number of nitrogens with zero attached hydrogens (tertiary/aromatic N) is 1. The Morgan fingerprint density at radius 3 is 0.977 bits per heavy atom. The molecule has 0 spiro atoms. The molecule has 502 valence electrons. The van der Waals surface area contributed by atoms with Crippen molar-refractivity contribution in [3.8, 4) is 0 Å². The number of carbonyl (C=O) groups excluding carboxylic acids is 3. The maximum atomic E-state index is 12.9. The van der Waals surface area contributed by atoms with Crippen molar-refractivity contribution < 1.29 is 42.9 Å². The summed E-state index contributed by atoms with van der Waals surface area (Å²) in [6.07, 6.45) is 90.8. The van der Waals surface area contributed by atoms with Gasteiger partial charge in [0, 0.05) is 12.8 Å². The maximum Gasteiger partial charge on any atom is 0.306 e. The second-order valence-corrected chi connectivity index (χ2v) is 25.5. The molecule has 0 aromatic carbocycles. The molecule has 0 saturated carbocycles. The van der Waals surface area contributed by atoms with Crippen LogP contribution in [-0.4, -0.2) is 82.3 Å². The van der Waals surface area contributed by atoms with Crippen LogP contribution in [0.5, 0.6) is 0 Å². The number of allylic oxidation sites excluding steroid dienone is 16. The standard InChI is InChI=1S/C78H137NO8/c1-6-8-10-12-14-16-18-20-22-24-26-28-30-32-33-34-35-36-37-38-39-40-41-42-43-45-46-48-50-52-54-56-58-60-62-64-66-68-75(80)85-72-74(73-86-78(77(82)83)84-71-70-79(3,4)5)87-76(81)69-67-65-63-61-59-57-55-53-51-49-47-44-31-29-27-25-23-21-19-17-15-13-11-9-7-2/h9,11,15,17-18,20-21,23-24,26-27,29,44,47,51,53,74,78H,6-8,10,12-14,16,19,22,25,28,30-43,45-46,48-50,52,54-73H2,1-5H3/b11-9-,17-15-,20-18-,23-21-,26-24-,29-27-,47-44-,53-51-. The molecule has 0 saturated heterocycles. The number of carboxylic acid groups (broad SMARTS) is 1. The lowest BCUT2D eigenvalue weighted by molar-refractivity contribution is -0.870. The minimum atomic E-state index is -1.63. The van der Waals surface area contributed by atoms with Crippen molar-refractivity contribution >= 4 is 17.9 Å². The molecule has 0 aromatic rings. The molecule has 9 heteroatoms. The second-order valence-electron chi connectivity index (χ2n) is 25.5. The van der Waals surface area contributed by atoms with Crippen LogP contribution >= 0.6 is 0 Å². The van der Waals surface area contributed by atoms with Gasteiger partial charge < -0.3 is 33.3 Å². The zero-order chi connectivity index (χ0) is 63.3. The molecule has 0 aliphatic heterocycles. The molecule has 87 heavy (non-hydrogen) atoms. The molecular formula is C78H137NO8. The largest absolute Gasteiger partial charge is 0.545 e. The van der Waals surface area contributed by atoms with Crippen LogP contribution in [0, 0.1) is 0 Å². The van der Waals surface area contributed by atoms with Gasteiger partial charge in [-0.25, -0.2) is 0 Å². The molecule has 0 aliphatic rings. The lowest BCUT2D eigenvalue weighted by Gasteiger charge is -2.26. The monoisotopic (exact) mass is 1220 g/mol. The number of unbranched alkanes of at least 4 members (excludes halogenated alkanes) is 36. The van der Waals surface area contributed by atoms with Crippen molar-refractivity contribution in [2.24, 2.45) is 0 Å². The number of quaternary nitrogens is 1. The number of ether oxygens (including phenoxy) is 4. The van der Waals surface area contributed by atoms with E-state index in [0.717, 1.165) is 103 Å². The molecule has 0 amide bonds. The van der Waals surface area contributed by atoms with Crippen LogP contribution < -0.4 is 5.11 Å². The first kappa shape index (κ1) is 83.2. The predicted molar refractivity (Wildman–Crippen MR) is 371 cm³/mol. The van der Waals surface area contributed by atoms with Crippen molar-refractivity contribution in [2.75, 3.05) is 47.5 Å². The van der Waals surface area contributed by atoms with Crippen LogP contribution in [0.25, 0.3) is 0 Å². The van der Waals surface area contributed by atoms with Gasteiger partial charge in [0.2, 0.25) is 0 Å². The number of hydrogen-bond acceptors (Lipinski definition) is 8. The van der Waals surface area contributed by atoms with Crippen molar-refractivity contribution in [1.82, 2.24) is 0 Å². The summed E-state index contributed by atoms with van der Waals surface area (Å²) >= 11 is 0. The minimum Gasteiger partial charge on any atom is -0.545 e. The Labute approximate surface area is 537 Å². The number of aliphatic carboxylic acids is 1. The third-order valence-corrected chi connectivity index (χ3v) is 15.8. The highest BCUT2D eigenvalue weighted by Crippen LogP contribution is 2.18. The third-order valence-electron chi connectivity index (χ3n) is 15.8. The predicted octanol–water partition coefficient (Wildman–Crippen LogP) is 21.5. The fourth-order valence-corrected chi connectivity index (χ4v) is 10.3. The number of hydrogen-bond donors (Lipinski definition) is 0. The van der Waals surface area contributed by atoms with Gasteiger partial charge in [-0.1, -0.05) is 310 Å². The van der Waals surface area contributed by atoms with E-state index in [1.54, 1.807) is 0 Å². The summed E-state index contributed by atoms with van der Waals surface area (Å²) in [7, 11) is 5.93. The van der Waals surface area contributed by atoms with Crippen LogP contribution in [0.3, 0.4) is 0 Å². The van der Waals surface area contributed by atoms with E-state index in [-0.39, 0.29) is 38.6 Å². The van der Waals surface area contributed by atoms with Crippen LogP contribution in [0.1, 0.15) is 322 Å². The molecule has 0 aliphatic carbocycles. The lowest BCUT2D eigenvalue weighted by Crippen LogP contribution is -2.44. The van der Waals surface area contributed by atoms with Gasteiger partial charge in [-0.2, -0.15) is 0 Å². The zero-order valence-electron chi connectivity index (χ0n) is 57.4. The summed E-state index contributed by atoms with van der Waals surface area (Å²) in [4.78, 5) is 37.5. The van der Waals surface area contributed by atoms with Gasteiger partial charge in [0.15, 0.2) is 12.4 Å². The summed E-state index contributed by atoms with van der Waals surface area (Å²) in [5.41, 5.74) is 0. The Kier molecular flexibility index (Phi) is 65.2.